The molecule has 2 aliphatic heterocycles. The third-order valence-corrected chi connectivity index (χ3v) is 12.6. The van der Waals surface area contributed by atoms with Crippen LogP contribution in [0.4, 0.5) is 0 Å². The summed E-state index contributed by atoms with van der Waals surface area (Å²) in [5, 5.41) is 24.8. The number of amides is 2. The van der Waals surface area contributed by atoms with Gasteiger partial charge in [0.2, 0.25) is 11.8 Å². The van der Waals surface area contributed by atoms with Crippen LogP contribution in [0.25, 0.3) is 11.4 Å². The molecule has 2 amide bonds. The molecule has 0 fully saturated rings. The summed E-state index contributed by atoms with van der Waals surface area (Å²) in [6.07, 6.45) is 8.98. The van der Waals surface area contributed by atoms with Gasteiger partial charge < -0.3 is 20.1 Å². The molecule has 2 aliphatic rings. The van der Waals surface area contributed by atoms with Crippen LogP contribution in [0.5, 0.6) is 11.5 Å². The molecule has 6 aromatic rings. The lowest BCUT2D eigenvalue weighted by Gasteiger charge is -2.15. The molecule has 0 aliphatic carbocycles. The fraction of sp³-hybridized carbons (Fsp3) is 0.385. The van der Waals surface area contributed by atoms with Crippen molar-refractivity contribution in [3.8, 4) is 22.9 Å². The zero-order valence-electron chi connectivity index (χ0n) is 39.1. The quantitative estimate of drug-likeness (QED) is 0.0674. The number of carbonyl (C=O) groups is 2. The second-order valence-electron chi connectivity index (χ2n) is 17.1. The van der Waals surface area contributed by atoms with Gasteiger partial charge in [0.15, 0.2) is 11.6 Å². The summed E-state index contributed by atoms with van der Waals surface area (Å²) in [6.45, 7) is 9.90. The SMILES string of the molecule is CCNC(=O)CC1N=C(c2ccc(Cl)cc2)c2cc(OCCCCCCCCCCOc3ccc4c(c3)C(c3ccc(Cl)cc3)=NC(CC(=O)NCC)c3nnc(C)n3-4)ccc2-n2c(C)nnc21. The van der Waals surface area contributed by atoms with Crippen LogP contribution in [-0.4, -0.2) is 79.1 Å². The van der Waals surface area contributed by atoms with Crippen molar-refractivity contribution in [3.05, 3.63) is 141 Å². The molecular formula is C52H58Cl2N10O4. The van der Waals surface area contributed by atoms with Crippen molar-refractivity contribution in [2.75, 3.05) is 26.3 Å². The molecule has 0 saturated carbocycles. The molecule has 68 heavy (non-hydrogen) atoms. The van der Waals surface area contributed by atoms with Crippen molar-refractivity contribution in [2.45, 2.75) is 104 Å². The molecule has 2 atom stereocenters. The number of hydrogen-bond donors (Lipinski definition) is 2. The van der Waals surface area contributed by atoms with E-state index in [0.29, 0.717) is 59.6 Å². The van der Waals surface area contributed by atoms with Crippen molar-refractivity contribution >= 4 is 46.4 Å². The minimum Gasteiger partial charge on any atom is -0.494 e. The van der Waals surface area contributed by atoms with Crippen LogP contribution >= 0.6 is 23.2 Å². The normalized spacial score (nSPS) is 14.9. The average Bonchev–Trinajstić information content (AvgIpc) is 3.83. The minimum absolute atomic E-state index is 0.0983. The number of aryl methyl sites for hydroxylation is 2. The molecule has 2 unspecified atom stereocenters. The van der Waals surface area contributed by atoms with Gasteiger partial charge >= 0.3 is 0 Å². The molecule has 0 bridgehead atoms. The summed E-state index contributed by atoms with van der Waals surface area (Å²) in [4.78, 5) is 36.0. The Balaban J connectivity index is 0.819. The first kappa shape index (κ1) is 48.1. The Morgan fingerprint density at radius 3 is 1.31 bits per heavy atom. The lowest BCUT2D eigenvalue weighted by molar-refractivity contribution is -0.122. The summed E-state index contributed by atoms with van der Waals surface area (Å²) in [5.41, 5.74) is 6.77. The first-order valence-corrected chi connectivity index (χ1v) is 24.5. The lowest BCUT2D eigenvalue weighted by atomic mass is 10.00. The van der Waals surface area contributed by atoms with Crippen LogP contribution in [0.15, 0.2) is 94.9 Å². The van der Waals surface area contributed by atoms with Crippen LogP contribution in [0.1, 0.15) is 136 Å². The first-order chi connectivity index (χ1) is 33.1. The zero-order chi connectivity index (χ0) is 47.6. The number of aliphatic imine (C=N–C) groups is 2. The van der Waals surface area contributed by atoms with E-state index < -0.39 is 12.1 Å². The monoisotopic (exact) mass is 956 g/mol. The topological polar surface area (TPSA) is 163 Å². The highest BCUT2D eigenvalue weighted by atomic mass is 35.5. The van der Waals surface area contributed by atoms with Crippen LogP contribution in [0.2, 0.25) is 10.0 Å². The Bertz CT molecular complexity index is 2590. The minimum atomic E-state index is -0.534. The molecule has 14 nitrogen and oxygen atoms in total. The van der Waals surface area contributed by atoms with Gasteiger partial charge in [-0.3, -0.25) is 28.7 Å². The summed E-state index contributed by atoms with van der Waals surface area (Å²) >= 11 is 12.6. The van der Waals surface area contributed by atoms with Crippen molar-refractivity contribution < 1.29 is 19.1 Å². The van der Waals surface area contributed by atoms with E-state index in [1.165, 1.54) is 12.8 Å². The molecule has 4 heterocycles. The number of carbonyl (C=O) groups excluding carboxylic acids is 2. The third kappa shape index (κ3) is 11.3. The van der Waals surface area contributed by atoms with Crippen LogP contribution in [0, 0.1) is 13.8 Å². The molecule has 2 aromatic heterocycles. The molecule has 0 saturated heterocycles. The smallest absolute Gasteiger partial charge is 0.222 e. The van der Waals surface area contributed by atoms with Crippen molar-refractivity contribution in [1.29, 1.82) is 0 Å². The molecule has 8 rings (SSSR count). The Morgan fingerprint density at radius 1 is 0.544 bits per heavy atom. The lowest BCUT2D eigenvalue weighted by Crippen LogP contribution is -2.25. The number of nitrogens with one attached hydrogen (secondary N) is 2. The molecule has 16 heteroatoms. The van der Waals surface area contributed by atoms with Gasteiger partial charge in [-0.05, 0) is 101 Å². The van der Waals surface area contributed by atoms with Crippen LogP contribution in [0.3, 0.4) is 0 Å². The third-order valence-electron chi connectivity index (χ3n) is 12.1. The largest absolute Gasteiger partial charge is 0.494 e. The fourth-order valence-corrected chi connectivity index (χ4v) is 9.07. The van der Waals surface area contributed by atoms with Crippen molar-refractivity contribution in [1.82, 2.24) is 40.2 Å². The summed E-state index contributed by atoms with van der Waals surface area (Å²) < 4.78 is 16.7. The van der Waals surface area contributed by atoms with E-state index in [-0.39, 0.29) is 24.7 Å². The van der Waals surface area contributed by atoms with E-state index in [1.54, 1.807) is 0 Å². The fourth-order valence-electron chi connectivity index (χ4n) is 8.81. The van der Waals surface area contributed by atoms with E-state index in [9.17, 15) is 9.59 Å². The van der Waals surface area contributed by atoms with Gasteiger partial charge in [-0.25, -0.2) is 0 Å². The molecule has 0 radical (unpaired) electrons. The van der Waals surface area contributed by atoms with Gasteiger partial charge in [0, 0.05) is 45.4 Å². The first-order valence-electron chi connectivity index (χ1n) is 23.7. The molecule has 2 N–H and O–H groups in total. The van der Waals surface area contributed by atoms with E-state index in [0.717, 1.165) is 95.1 Å². The van der Waals surface area contributed by atoms with Crippen molar-refractivity contribution in [2.24, 2.45) is 9.98 Å². The highest BCUT2D eigenvalue weighted by molar-refractivity contribution is 6.31. The van der Waals surface area contributed by atoms with Crippen LogP contribution in [-0.2, 0) is 9.59 Å². The molecule has 0 spiro atoms. The highest BCUT2D eigenvalue weighted by Crippen LogP contribution is 2.37. The number of nitrogens with zero attached hydrogens (tertiary/aromatic N) is 8. The second-order valence-corrected chi connectivity index (χ2v) is 18.0. The zero-order valence-corrected chi connectivity index (χ0v) is 40.6. The van der Waals surface area contributed by atoms with Gasteiger partial charge in [0.25, 0.3) is 0 Å². The Kier molecular flexibility index (Phi) is 16.0. The van der Waals surface area contributed by atoms with Gasteiger partial charge in [-0.2, -0.15) is 0 Å². The summed E-state index contributed by atoms with van der Waals surface area (Å²) in [6, 6.07) is 26.2. The maximum absolute atomic E-state index is 12.8. The average molecular weight is 958 g/mol. The standard InChI is InChI=1S/C52H58Cl2N10O4/c1-5-55-47(65)31-43-51-61-59-33(3)63(51)45-25-23-39(29-41(45)49(57-43)35-15-19-37(53)20-16-35)67-27-13-11-9-7-8-10-12-14-28-68-40-24-26-46-42(30-40)50(36-17-21-38(54)22-18-36)58-44(32-48(66)56-6-2)52-62-60-34(4)64(46)52/h15-26,29-30,43-44H,5-14,27-28,31-32H2,1-4H3,(H,55,65)(H,56,66). The van der Waals surface area contributed by atoms with Gasteiger partial charge in [0.05, 0.1) is 48.9 Å². The van der Waals surface area contributed by atoms with Gasteiger partial charge in [-0.1, -0.05) is 86.0 Å². The number of hydrogen-bond acceptors (Lipinski definition) is 10. The van der Waals surface area contributed by atoms with Gasteiger partial charge in [-0.15, -0.1) is 20.4 Å². The van der Waals surface area contributed by atoms with Crippen LogP contribution < -0.4 is 20.1 Å². The second kappa shape index (κ2) is 22.6. The molecule has 4 aromatic carbocycles. The van der Waals surface area contributed by atoms with Crippen molar-refractivity contribution in [3.63, 3.8) is 0 Å². The predicted octanol–water partition coefficient (Wildman–Crippen LogP) is 10.2. The van der Waals surface area contributed by atoms with Gasteiger partial charge in [0.1, 0.15) is 35.2 Å². The highest BCUT2D eigenvalue weighted by Gasteiger charge is 2.32. The van der Waals surface area contributed by atoms with E-state index >= 15 is 0 Å². The number of ether oxygens (including phenoxy) is 2. The summed E-state index contributed by atoms with van der Waals surface area (Å²) in [5.74, 6) is 3.99. The maximum Gasteiger partial charge on any atom is 0.222 e. The Labute approximate surface area is 407 Å². The number of unbranched alkanes of at least 4 members (excludes halogenated alkanes) is 7. The molecule has 354 valence electrons. The number of fused-ring (bicyclic) bond motifs is 6. The van der Waals surface area contributed by atoms with E-state index in [2.05, 4.69) is 31.0 Å². The number of aromatic nitrogens is 6. The number of halogens is 2. The predicted molar refractivity (Wildman–Crippen MR) is 266 cm³/mol. The maximum atomic E-state index is 12.8. The number of benzene rings is 4. The number of rotatable bonds is 21. The Morgan fingerprint density at radius 2 is 0.926 bits per heavy atom. The molecular weight excluding hydrogens is 900 g/mol. The van der Waals surface area contributed by atoms with E-state index in [1.807, 2.05) is 122 Å². The van der Waals surface area contributed by atoms with E-state index in [4.69, 9.17) is 42.7 Å². The summed E-state index contributed by atoms with van der Waals surface area (Å²) in [7, 11) is 0. The Hall–Kier alpha value is -6.38.